The molecule has 2 aromatic carbocycles. The Bertz CT molecular complexity index is 1330. The highest BCUT2D eigenvalue weighted by Gasteiger charge is 2.28. The van der Waals surface area contributed by atoms with E-state index < -0.39 is 6.04 Å². The van der Waals surface area contributed by atoms with Gasteiger partial charge in [0.2, 0.25) is 0 Å². The fraction of sp³-hybridized carbons (Fsp3) is 0.0833. The molecule has 32 heavy (non-hydrogen) atoms. The van der Waals surface area contributed by atoms with Crippen molar-refractivity contribution >= 4 is 56.9 Å². The van der Waals surface area contributed by atoms with Crippen LogP contribution < -0.4 is 10.6 Å². The summed E-state index contributed by atoms with van der Waals surface area (Å²) in [6.07, 6.45) is 1.99. The van der Waals surface area contributed by atoms with E-state index in [9.17, 15) is 9.59 Å². The van der Waals surface area contributed by atoms with Crippen LogP contribution in [0.5, 0.6) is 0 Å². The summed E-state index contributed by atoms with van der Waals surface area (Å²) in [4.78, 5) is 25.9. The second kappa shape index (κ2) is 8.47. The maximum absolute atomic E-state index is 13.4. The van der Waals surface area contributed by atoms with Crippen LogP contribution in [-0.2, 0) is 6.54 Å². The van der Waals surface area contributed by atoms with Crippen molar-refractivity contribution in [2.24, 2.45) is 0 Å². The number of nitrogens with one attached hydrogen (secondary N) is 2. The van der Waals surface area contributed by atoms with Crippen LogP contribution in [0, 0.1) is 0 Å². The number of thiophene rings is 1. The number of anilines is 2. The Morgan fingerprint density at radius 1 is 1.06 bits per heavy atom. The van der Waals surface area contributed by atoms with Gasteiger partial charge in [0.1, 0.15) is 6.04 Å². The van der Waals surface area contributed by atoms with E-state index >= 15 is 0 Å². The van der Waals surface area contributed by atoms with Crippen LogP contribution >= 0.6 is 34.5 Å². The second-order valence-corrected chi connectivity index (χ2v) is 9.19. The van der Waals surface area contributed by atoms with Gasteiger partial charge in [-0.2, -0.15) is 0 Å². The number of nitrogens with zero attached hydrogens (tertiary/aromatic N) is 1. The maximum Gasteiger partial charge on any atom is 0.257 e. The highest BCUT2D eigenvalue weighted by atomic mass is 35.5. The van der Waals surface area contributed by atoms with Crippen molar-refractivity contribution < 1.29 is 9.59 Å². The standard InChI is InChI=1S/C24H17Cl2N3O2S/c25-16-5-8-18(19(26)12-16)23(31)27-17-6-3-14(4-7-17)22(30)21-20-2-1-10-29(20)13-15-9-11-32-24(15)28-21/h1-12,21,28H,13H2,(H,27,31). The molecule has 1 aliphatic rings. The largest absolute Gasteiger partial charge is 0.362 e. The summed E-state index contributed by atoms with van der Waals surface area (Å²) in [5.41, 5.74) is 3.54. The molecule has 0 radical (unpaired) electrons. The molecule has 2 aromatic heterocycles. The van der Waals surface area contributed by atoms with E-state index in [0.717, 1.165) is 17.2 Å². The zero-order valence-corrected chi connectivity index (χ0v) is 19.0. The Kier molecular flexibility index (Phi) is 5.51. The number of halogens is 2. The third-order valence-corrected chi connectivity index (χ3v) is 6.82. The van der Waals surface area contributed by atoms with Crippen LogP contribution in [0.3, 0.4) is 0 Å². The molecule has 1 unspecified atom stereocenters. The zero-order valence-electron chi connectivity index (χ0n) is 16.6. The van der Waals surface area contributed by atoms with Gasteiger partial charge in [-0.05, 0) is 66.0 Å². The molecule has 160 valence electrons. The molecule has 0 spiro atoms. The Labute approximate surface area is 198 Å². The number of ketones is 1. The molecule has 0 bridgehead atoms. The van der Waals surface area contributed by atoms with Gasteiger partial charge >= 0.3 is 0 Å². The minimum Gasteiger partial charge on any atom is -0.362 e. The quantitative estimate of drug-likeness (QED) is 0.326. The van der Waals surface area contributed by atoms with Gasteiger partial charge in [-0.25, -0.2) is 0 Å². The van der Waals surface area contributed by atoms with E-state index in [1.165, 1.54) is 11.6 Å². The number of hydrogen-bond acceptors (Lipinski definition) is 4. The molecule has 4 aromatic rings. The molecule has 0 saturated carbocycles. The molecule has 5 rings (SSSR count). The molecule has 3 heterocycles. The van der Waals surface area contributed by atoms with Gasteiger partial charge in [0.05, 0.1) is 22.1 Å². The Balaban J connectivity index is 1.36. The number of fused-ring (bicyclic) bond motifs is 2. The second-order valence-electron chi connectivity index (χ2n) is 7.43. The van der Waals surface area contributed by atoms with Crippen molar-refractivity contribution in [2.45, 2.75) is 12.6 Å². The molecule has 8 heteroatoms. The Morgan fingerprint density at radius 2 is 1.88 bits per heavy atom. The number of carbonyl (C=O) groups is 2. The Morgan fingerprint density at radius 3 is 2.66 bits per heavy atom. The van der Waals surface area contributed by atoms with Crippen LogP contribution in [0.25, 0.3) is 0 Å². The van der Waals surface area contributed by atoms with Gasteiger partial charge < -0.3 is 15.2 Å². The maximum atomic E-state index is 13.4. The number of benzene rings is 2. The van der Waals surface area contributed by atoms with Crippen molar-refractivity contribution in [3.8, 4) is 0 Å². The van der Waals surface area contributed by atoms with Crippen molar-refractivity contribution in [3.05, 3.63) is 105 Å². The van der Waals surface area contributed by atoms with Crippen LogP contribution in [0.15, 0.2) is 72.2 Å². The van der Waals surface area contributed by atoms with E-state index in [1.54, 1.807) is 47.7 Å². The van der Waals surface area contributed by atoms with E-state index in [1.807, 2.05) is 23.7 Å². The predicted octanol–water partition coefficient (Wildman–Crippen LogP) is 6.51. The first-order valence-electron chi connectivity index (χ1n) is 9.88. The molecular weight excluding hydrogens is 465 g/mol. The molecule has 0 aliphatic carbocycles. The Hall–Kier alpha value is -3.06. The summed E-state index contributed by atoms with van der Waals surface area (Å²) in [5.74, 6) is -0.385. The molecular formula is C24H17Cl2N3O2S. The number of amides is 1. The van der Waals surface area contributed by atoms with E-state index in [2.05, 4.69) is 21.3 Å². The summed E-state index contributed by atoms with van der Waals surface area (Å²) in [6, 6.07) is 17.1. The van der Waals surface area contributed by atoms with Crippen molar-refractivity contribution in [3.63, 3.8) is 0 Å². The minimum absolute atomic E-state index is 0.0372. The molecule has 0 fully saturated rings. The van der Waals surface area contributed by atoms with Crippen LogP contribution in [0.4, 0.5) is 10.7 Å². The van der Waals surface area contributed by atoms with Crippen molar-refractivity contribution in [2.75, 3.05) is 10.6 Å². The first kappa shape index (κ1) is 20.8. The predicted molar refractivity (Wildman–Crippen MR) is 129 cm³/mol. The highest BCUT2D eigenvalue weighted by Crippen LogP contribution is 2.34. The molecule has 2 N–H and O–H groups in total. The van der Waals surface area contributed by atoms with Gasteiger partial charge in [0, 0.05) is 33.7 Å². The van der Waals surface area contributed by atoms with E-state index in [-0.39, 0.29) is 16.7 Å². The molecule has 1 atom stereocenters. The lowest BCUT2D eigenvalue weighted by molar-refractivity contribution is 0.0966. The van der Waals surface area contributed by atoms with E-state index in [4.69, 9.17) is 23.2 Å². The SMILES string of the molecule is O=C(Nc1ccc(C(=O)C2Nc3sccc3Cn3cccc32)cc1)c1ccc(Cl)cc1Cl. The first-order chi connectivity index (χ1) is 15.5. The number of carbonyl (C=O) groups excluding carboxylic acids is 2. The lowest BCUT2D eigenvalue weighted by Crippen LogP contribution is -2.22. The van der Waals surface area contributed by atoms with Crippen LogP contribution in [-0.4, -0.2) is 16.3 Å². The van der Waals surface area contributed by atoms with Crippen LogP contribution in [0.2, 0.25) is 10.0 Å². The van der Waals surface area contributed by atoms with Gasteiger partial charge in [-0.1, -0.05) is 23.2 Å². The smallest absolute Gasteiger partial charge is 0.257 e. The average Bonchev–Trinajstić information content (AvgIpc) is 3.39. The normalized spacial score (nSPS) is 14.6. The highest BCUT2D eigenvalue weighted by molar-refractivity contribution is 7.14. The minimum atomic E-state index is -0.488. The fourth-order valence-corrected chi connectivity index (χ4v) is 5.10. The summed E-state index contributed by atoms with van der Waals surface area (Å²) in [7, 11) is 0. The molecule has 0 saturated heterocycles. The number of rotatable bonds is 4. The summed E-state index contributed by atoms with van der Waals surface area (Å²) >= 11 is 13.6. The van der Waals surface area contributed by atoms with Crippen molar-refractivity contribution in [1.29, 1.82) is 0 Å². The summed E-state index contributed by atoms with van der Waals surface area (Å²) in [5, 5.41) is 9.98. The number of Topliss-reactive ketones (excluding diaryl/α,β-unsaturated/α-hetero) is 1. The van der Waals surface area contributed by atoms with Gasteiger partial charge in [-0.15, -0.1) is 11.3 Å². The molecule has 1 aliphatic heterocycles. The van der Waals surface area contributed by atoms with Gasteiger partial charge in [0.15, 0.2) is 5.78 Å². The first-order valence-corrected chi connectivity index (χ1v) is 11.5. The number of hydrogen-bond donors (Lipinski definition) is 2. The average molecular weight is 482 g/mol. The molecule has 5 nitrogen and oxygen atoms in total. The summed E-state index contributed by atoms with van der Waals surface area (Å²) < 4.78 is 2.10. The van der Waals surface area contributed by atoms with E-state index in [0.29, 0.717) is 21.8 Å². The van der Waals surface area contributed by atoms with Crippen LogP contribution in [0.1, 0.15) is 38.0 Å². The number of aromatic nitrogens is 1. The fourth-order valence-electron chi connectivity index (χ4n) is 3.77. The monoisotopic (exact) mass is 481 g/mol. The zero-order chi connectivity index (χ0) is 22.2. The topological polar surface area (TPSA) is 63.1 Å². The lowest BCUT2D eigenvalue weighted by Gasteiger charge is -2.17. The van der Waals surface area contributed by atoms with Crippen molar-refractivity contribution in [1.82, 2.24) is 4.57 Å². The lowest BCUT2D eigenvalue weighted by atomic mass is 10.0. The van der Waals surface area contributed by atoms with Gasteiger partial charge in [0.25, 0.3) is 5.91 Å². The third kappa shape index (κ3) is 3.93. The molecule has 1 amide bonds. The third-order valence-electron chi connectivity index (χ3n) is 5.39. The summed E-state index contributed by atoms with van der Waals surface area (Å²) in [6.45, 7) is 0.732. The van der Waals surface area contributed by atoms with Gasteiger partial charge in [-0.3, -0.25) is 9.59 Å².